The molecule has 0 aliphatic rings. The largest absolute Gasteiger partial charge is 0.482 e. The predicted molar refractivity (Wildman–Crippen MR) is 108 cm³/mol. The lowest BCUT2D eigenvalue weighted by atomic mass is 10.1. The maximum absolute atomic E-state index is 12.1. The molecule has 5 nitrogen and oxygen atoms in total. The first-order chi connectivity index (χ1) is 13.6. The minimum absolute atomic E-state index is 0.270. The van der Waals surface area contributed by atoms with Crippen LogP contribution in [0, 0.1) is 0 Å². The highest BCUT2D eigenvalue weighted by atomic mass is 16.6. The SMILES string of the molecule is C[C@H](OC(=O)COc1ccc(-c2ccccc2)cc1)C(=O)Nc1ccccc1. The average molecular weight is 375 g/mol. The molecule has 0 saturated heterocycles. The van der Waals surface area contributed by atoms with E-state index in [0.717, 1.165) is 11.1 Å². The molecule has 0 bridgehead atoms. The van der Waals surface area contributed by atoms with Crippen LogP contribution in [0.5, 0.6) is 5.75 Å². The predicted octanol–water partition coefficient (Wildman–Crippen LogP) is 4.30. The lowest BCUT2D eigenvalue weighted by Gasteiger charge is -2.14. The number of rotatable bonds is 7. The molecule has 3 aromatic rings. The molecule has 1 atom stereocenters. The monoisotopic (exact) mass is 375 g/mol. The number of benzene rings is 3. The van der Waals surface area contributed by atoms with Crippen LogP contribution >= 0.6 is 0 Å². The Balaban J connectivity index is 1.46. The van der Waals surface area contributed by atoms with Crippen molar-refractivity contribution in [2.45, 2.75) is 13.0 Å². The standard InChI is InChI=1S/C23H21NO4/c1-17(23(26)24-20-10-6-3-7-11-20)28-22(25)16-27-21-14-12-19(13-15-21)18-8-4-2-5-9-18/h2-15,17H,16H2,1H3,(H,24,26)/t17-/m0/s1. The summed E-state index contributed by atoms with van der Waals surface area (Å²) in [5.41, 5.74) is 2.80. The molecule has 28 heavy (non-hydrogen) atoms. The molecule has 1 N–H and O–H groups in total. The zero-order valence-corrected chi connectivity index (χ0v) is 15.5. The first kappa shape index (κ1) is 19.2. The van der Waals surface area contributed by atoms with Crippen molar-refractivity contribution in [1.29, 1.82) is 0 Å². The van der Waals surface area contributed by atoms with Crippen LogP contribution in [0.15, 0.2) is 84.9 Å². The summed E-state index contributed by atoms with van der Waals surface area (Å²) in [5, 5.41) is 2.69. The van der Waals surface area contributed by atoms with Crippen molar-refractivity contribution >= 4 is 17.6 Å². The van der Waals surface area contributed by atoms with Gasteiger partial charge in [0.05, 0.1) is 0 Å². The van der Waals surface area contributed by atoms with Crippen molar-refractivity contribution in [3.63, 3.8) is 0 Å². The molecule has 0 aromatic heterocycles. The van der Waals surface area contributed by atoms with Gasteiger partial charge in [0, 0.05) is 5.69 Å². The third-order valence-corrected chi connectivity index (χ3v) is 4.04. The average Bonchev–Trinajstić information content (AvgIpc) is 2.74. The molecular formula is C23H21NO4. The van der Waals surface area contributed by atoms with Crippen LogP contribution in [-0.2, 0) is 14.3 Å². The van der Waals surface area contributed by atoms with Gasteiger partial charge < -0.3 is 14.8 Å². The topological polar surface area (TPSA) is 64.6 Å². The summed E-state index contributed by atoms with van der Waals surface area (Å²) >= 11 is 0. The summed E-state index contributed by atoms with van der Waals surface area (Å²) in [6.45, 7) is 1.25. The fraction of sp³-hybridized carbons (Fsp3) is 0.130. The first-order valence-electron chi connectivity index (χ1n) is 8.95. The van der Waals surface area contributed by atoms with Crippen LogP contribution in [0.2, 0.25) is 0 Å². The van der Waals surface area contributed by atoms with Crippen molar-refractivity contribution in [3.8, 4) is 16.9 Å². The number of nitrogens with one attached hydrogen (secondary N) is 1. The van der Waals surface area contributed by atoms with E-state index in [0.29, 0.717) is 11.4 Å². The van der Waals surface area contributed by atoms with Gasteiger partial charge in [-0.3, -0.25) is 4.79 Å². The molecule has 142 valence electrons. The van der Waals surface area contributed by atoms with Gasteiger partial charge >= 0.3 is 5.97 Å². The summed E-state index contributed by atoms with van der Waals surface area (Å²) in [6.07, 6.45) is -0.920. The molecule has 0 spiro atoms. The summed E-state index contributed by atoms with van der Waals surface area (Å²) in [6, 6.07) is 26.4. The zero-order valence-electron chi connectivity index (χ0n) is 15.5. The molecule has 0 radical (unpaired) electrons. The number of carbonyl (C=O) groups excluding carboxylic acids is 2. The van der Waals surface area contributed by atoms with Gasteiger partial charge in [-0.25, -0.2) is 4.79 Å². The smallest absolute Gasteiger partial charge is 0.344 e. The van der Waals surface area contributed by atoms with E-state index in [1.165, 1.54) is 6.92 Å². The van der Waals surface area contributed by atoms with Gasteiger partial charge in [0.2, 0.25) is 0 Å². The Morgan fingerprint density at radius 1 is 0.821 bits per heavy atom. The fourth-order valence-corrected chi connectivity index (χ4v) is 2.57. The molecule has 5 heteroatoms. The molecule has 0 fully saturated rings. The van der Waals surface area contributed by atoms with E-state index in [4.69, 9.17) is 9.47 Å². The molecule has 0 aliphatic heterocycles. The molecule has 0 unspecified atom stereocenters. The summed E-state index contributed by atoms with van der Waals surface area (Å²) in [4.78, 5) is 24.0. The van der Waals surface area contributed by atoms with Crippen LogP contribution in [0.25, 0.3) is 11.1 Å². The lowest BCUT2D eigenvalue weighted by Crippen LogP contribution is -2.31. The normalized spacial score (nSPS) is 11.3. The Morgan fingerprint density at radius 2 is 1.39 bits per heavy atom. The Kier molecular flexibility index (Phi) is 6.41. The molecule has 1 amide bonds. The Bertz CT molecular complexity index is 908. The number of esters is 1. The number of amides is 1. The maximum Gasteiger partial charge on any atom is 0.344 e. The highest BCUT2D eigenvalue weighted by molar-refractivity contribution is 5.95. The first-order valence-corrected chi connectivity index (χ1v) is 8.95. The summed E-state index contributed by atoms with van der Waals surface area (Å²) in [7, 11) is 0. The van der Waals surface area contributed by atoms with Crippen LogP contribution in [0.1, 0.15) is 6.92 Å². The van der Waals surface area contributed by atoms with E-state index < -0.39 is 18.0 Å². The Morgan fingerprint density at radius 3 is 2.04 bits per heavy atom. The Hall–Kier alpha value is -3.60. The van der Waals surface area contributed by atoms with E-state index in [1.54, 1.807) is 24.3 Å². The quantitative estimate of drug-likeness (QED) is 0.625. The van der Waals surface area contributed by atoms with Gasteiger partial charge in [-0.1, -0.05) is 60.7 Å². The number of carbonyl (C=O) groups is 2. The van der Waals surface area contributed by atoms with Gasteiger partial charge in [-0.15, -0.1) is 0 Å². The highest BCUT2D eigenvalue weighted by Crippen LogP contribution is 2.22. The third kappa shape index (κ3) is 5.45. The molecule has 0 saturated carbocycles. The molecule has 0 heterocycles. The van der Waals surface area contributed by atoms with Crippen molar-refractivity contribution < 1.29 is 19.1 Å². The second-order valence-electron chi connectivity index (χ2n) is 6.17. The third-order valence-electron chi connectivity index (χ3n) is 4.04. The van der Waals surface area contributed by atoms with Gasteiger partial charge in [0.1, 0.15) is 5.75 Å². The van der Waals surface area contributed by atoms with E-state index in [-0.39, 0.29) is 6.61 Å². The summed E-state index contributed by atoms with van der Waals surface area (Å²) in [5.74, 6) is -0.451. The maximum atomic E-state index is 12.1. The van der Waals surface area contributed by atoms with Gasteiger partial charge in [-0.2, -0.15) is 0 Å². The number of hydrogen-bond acceptors (Lipinski definition) is 4. The van der Waals surface area contributed by atoms with Gasteiger partial charge in [-0.05, 0) is 42.3 Å². The van der Waals surface area contributed by atoms with Crippen LogP contribution in [0.3, 0.4) is 0 Å². The lowest BCUT2D eigenvalue weighted by molar-refractivity contribution is -0.155. The van der Waals surface area contributed by atoms with Crippen LogP contribution in [-0.4, -0.2) is 24.6 Å². The molecular weight excluding hydrogens is 354 g/mol. The second kappa shape index (κ2) is 9.37. The van der Waals surface area contributed by atoms with E-state index in [2.05, 4.69) is 5.32 Å². The minimum Gasteiger partial charge on any atom is -0.482 e. The van der Waals surface area contributed by atoms with E-state index >= 15 is 0 Å². The van der Waals surface area contributed by atoms with Crippen LogP contribution < -0.4 is 10.1 Å². The van der Waals surface area contributed by atoms with E-state index in [1.807, 2.05) is 60.7 Å². The van der Waals surface area contributed by atoms with Crippen molar-refractivity contribution in [3.05, 3.63) is 84.9 Å². The highest BCUT2D eigenvalue weighted by Gasteiger charge is 2.18. The molecule has 3 aromatic carbocycles. The van der Waals surface area contributed by atoms with E-state index in [9.17, 15) is 9.59 Å². The molecule has 3 rings (SSSR count). The van der Waals surface area contributed by atoms with Gasteiger partial charge in [0.15, 0.2) is 12.7 Å². The van der Waals surface area contributed by atoms with Gasteiger partial charge in [0.25, 0.3) is 5.91 Å². The second-order valence-corrected chi connectivity index (χ2v) is 6.17. The number of ether oxygens (including phenoxy) is 2. The van der Waals surface area contributed by atoms with Crippen molar-refractivity contribution in [2.24, 2.45) is 0 Å². The fourth-order valence-electron chi connectivity index (χ4n) is 2.57. The number of para-hydroxylation sites is 1. The minimum atomic E-state index is -0.920. The van der Waals surface area contributed by atoms with Crippen molar-refractivity contribution in [2.75, 3.05) is 11.9 Å². The molecule has 0 aliphatic carbocycles. The van der Waals surface area contributed by atoms with Crippen LogP contribution in [0.4, 0.5) is 5.69 Å². The number of anilines is 1. The zero-order chi connectivity index (χ0) is 19.8. The number of hydrogen-bond donors (Lipinski definition) is 1. The van der Waals surface area contributed by atoms with Crippen molar-refractivity contribution in [1.82, 2.24) is 0 Å². The summed E-state index contributed by atoms with van der Waals surface area (Å²) < 4.78 is 10.6. The Labute approximate surface area is 163 Å².